The first-order chi connectivity index (χ1) is 18.1. The molecule has 10 nitrogen and oxygen atoms in total. The molecule has 1 atom stereocenters. The van der Waals surface area contributed by atoms with Gasteiger partial charge in [0.2, 0.25) is 5.43 Å². The Morgan fingerprint density at radius 3 is 2.50 bits per heavy atom. The van der Waals surface area contributed by atoms with Gasteiger partial charge in [-0.05, 0) is 36.1 Å². The topological polar surface area (TPSA) is 150 Å². The summed E-state index contributed by atoms with van der Waals surface area (Å²) in [5.41, 5.74) is -1.06. The molecule has 0 aliphatic carbocycles. The van der Waals surface area contributed by atoms with Gasteiger partial charge in [0, 0.05) is 35.2 Å². The summed E-state index contributed by atoms with van der Waals surface area (Å²) in [5, 5.41) is 44.7. The maximum atomic E-state index is 13.5. The summed E-state index contributed by atoms with van der Waals surface area (Å²) < 4.78 is 16.7. The molecule has 38 heavy (non-hydrogen) atoms. The molecule has 192 valence electrons. The highest BCUT2D eigenvalue weighted by Gasteiger charge is 2.47. The van der Waals surface area contributed by atoms with Crippen LogP contribution in [0.25, 0.3) is 43.5 Å². The molecule has 0 bridgehead atoms. The van der Waals surface area contributed by atoms with E-state index in [2.05, 4.69) is 0 Å². The lowest BCUT2D eigenvalue weighted by atomic mass is 9.87. The molecule has 4 N–H and O–H groups in total. The molecule has 10 heteroatoms. The summed E-state index contributed by atoms with van der Waals surface area (Å²) in [6.45, 7) is 2.59. The van der Waals surface area contributed by atoms with Gasteiger partial charge < -0.3 is 39.2 Å². The minimum Gasteiger partial charge on any atom is -0.506 e. The summed E-state index contributed by atoms with van der Waals surface area (Å²) >= 11 is 0. The molecule has 1 amide bonds. The van der Waals surface area contributed by atoms with Crippen LogP contribution >= 0.6 is 0 Å². The monoisotopic (exact) mass is 515 g/mol. The van der Waals surface area contributed by atoms with E-state index >= 15 is 0 Å². The summed E-state index contributed by atoms with van der Waals surface area (Å²) in [5.74, 6) is -1.95. The van der Waals surface area contributed by atoms with E-state index in [0.717, 1.165) is 6.07 Å². The van der Waals surface area contributed by atoms with Crippen molar-refractivity contribution in [2.75, 3.05) is 20.3 Å². The number of phenols is 4. The molecule has 4 aromatic carbocycles. The quantitative estimate of drug-likeness (QED) is 0.148. The molecule has 7 rings (SSSR count). The Hall–Kier alpha value is -4.70. The van der Waals surface area contributed by atoms with E-state index < -0.39 is 28.6 Å². The van der Waals surface area contributed by atoms with Crippen molar-refractivity contribution in [1.82, 2.24) is 4.90 Å². The molecule has 0 saturated carbocycles. The van der Waals surface area contributed by atoms with E-state index in [0.29, 0.717) is 30.5 Å². The van der Waals surface area contributed by atoms with Crippen LogP contribution in [0.2, 0.25) is 0 Å². The lowest BCUT2D eigenvalue weighted by molar-refractivity contribution is -0.0568. The summed E-state index contributed by atoms with van der Waals surface area (Å²) in [6.07, 6.45) is 0.368. The summed E-state index contributed by atoms with van der Waals surface area (Å²) in [4.78, 5) is 28.5. The smallest absolute Gasteiger partial charge is 0.260 e. The van der Waals surface area contributed by atoms with Gasteiger partial charge in [0.15, 0.2) is 22.8 Å². The highest BCUT2D eigenvalue weighted by molar-refractivity contribution is 6.23. The fraction of sp³-hybridized carbons (Fsp3) is 0.214. The number of carbonyl (C=O) groups excluding carboxylic acids is 1. The Morgan fingerprint density at radius 1 is 0.947 bits per heavy atom. The number of hydrogen-bond donors (Lipinski definition) is 4. The SMILES string of the molecule is COc1cc2oc3c(O)c4ccc5cc6c(c(O)c5c4c(O)c3c(=O)c2cc1O)C(=O)N1CCOC1(C)C6. The van der Waals surface area contributed by atoms with Gasteiger partial charge in [-0.15, -0.1) is 0 Å². The molecule has 2 aliphatic rings. The minimum atomic E-state index is -0.814. The molecule has 2 aliphatic heterocycles. The number of nitrogens with zero attached hydrogens (tertiary/aromatic N) is 1. The van der Waals surface area contributed by atoms with Crippen molar-refractivity contribution in [3.05, 3.63) is 51.7 Å². The molecule has 5 aromatic rings. The van der Waals surface area contributed by atoms with Gasteiger partial charge in [-0.1, -0.05) is 6.07 Å². The van der Waals surface area contributed by atoms with Gasteiger partial charge in [-0.2, -0.15) is 0 Å². The second-order valence-electron chi connectivity index (χ2n) is 9.86. The Labute approximate surface area is 213 Å². The zero-order chi connectivity index (χ0) is 26.7. The molecule has 0 spiro atoms. The number of fused-ring (bicyclic) bond motifs is 7. The first kappa shape index (κ1) is 22.5. The van der Waals surface area contributed by atoms with Crippen LogP contribution in [0.3, 0.4) is 0 Å². The van der Waals surface area contributed by atoms with Gasteiger partial charge in [0.25, 0.3) is 5.91 Å². The molecular formula is C28H21NO9. The third kappa shape index (κ3) is 2.64. The molecule has 1 aromatic heterocycles. The number of methoxy groups -OCH3 is 1. The van der Waals surface area contributed by atoms with Gasteiger partial charge in [-0.25, -0.2) is 0 Å². The number of carbonyl (C=O) groups is 1. The third-order valence-corrected chi connectivity index (χ3v) is 7.77. The van der Waals surface area contributed by atoms with Crippen LogP contribution < -0.4 is 10.2 Å². The normalized spacial score (nSPS) is 19.0. The average molecular weight is 515 g/mol. The van der Waals surface area contributed by atoms with E-state index in [4.69, 9.17) is 13.9 Å². The fourth-order valence-corrected chi connectivity index (χ4v) is 5.98. The largest absolute Gasteiger partial charge is 0.506 e. The maximum Gasteiger partial charge on any atom is 0.260 e. The first-order valence-corrected chi connectivity index (χ1v) is 11.9. The van der Waals surface area contributed by atoms with Crippen molar-refractivity contribution in [3.63, 3.8) is 0 Å². The van der Waals surface area contributed by atoms with Crippen molar-refractivity contribution >= 4 is 49.4 Å². The zero-order valence-corrected chi connectivity index (χ0v) is 20.3. The predicted molar refractivity (Wildman–Crippen MR) is 137 cm³/mol. The van der Waals surface area contributed by atoms with Crippen LogP contribution in [0.5, 0.6) is 28.7 Å². The molecule has 1 saturated heterocycles. The summed E-state index contributed by atoms with van der Waals surface area (Å²) in [6, 6.07) is 7.42. The van der Waals surface area contributed by atoms with Crippen molar-refractivity contribution in [2.45, 2.75) is 19.1 Å². The molecule has 3 heterocycles. The van der Waals surface area contributed by atoms with E-state index in [1.165, 1.54) is 13.2 Å². The number of ether oxygens (including phenoxy) is 2. The van der Waals surface area contributed by atoms with Crippen molar-refractivity contribution in [1.29, 1.82) is 0 Å². The second-order valence-corrected chi connectivity index (χ2v) is 9.86. The van der Waals surface area contributed by atoms with Crippen LogP contribution in [-0.2, 0) is 11.2 Å². The lowest BCUT2D eigenvalue weighted by Crippen LogP contribution is -2.51. The van der Waals surface area contributed by atoms with Gasteiger partial charge in [0.1, 0.15) is 28.2 Å². The highest BCUT2D eigenvalue weighted by Crippen LogP contribution is 2.49. The van der Waals surface area contributed by atoms with Crippen LogP contribution in [0, 0.1) is 0 Å². The number of benzene rings is 4. The van der Waals surface area contributed by atoms with Crippen molar-refractivity contribution in [2.24, 2.45) is 0 Å². The van der Waals surface area contributed by atoms with E-state index in [9.17, 15) is 30.0 Å². The number of amides is 1. The van der Waals surface area contributed by atoms with E-state index in [-0.39, 0.29) is 60.9 Å². The molecule has 1 fully saturated rings. The van der Waals surface area contributed by atoms with Crippen molar-refractivity contribution < 1.29 is 39.1 Å². The van der Waals surface area contributed by atoms with Gasteiger partial charge in [-0.3, -0.25) is 9.59 Å². The molecular weight excluding hydrogens is 494 g/mol. The zero-order valence-electron chi connectivity index (χ0n) is 20.3. The van der Waals surface area contributed by atoms with Crippen LogP contribution in [0.4, 0.5) is 0 Å². The van der Waals surface area contributed by atoms with E-state index in [1.54, 1.807) is 23.1 Å². The Kier molecular flexibility index (Phi) is 4.26. The third-order valence-electron chi connectivity index (χ3n) is 7.77. The first-order valence-electron chi connectivity index (χ1n) is 11.9. The number of phenolic OH excluding ortho intramolecular Hbond substituents is 4. The van der Waals surface area contributed by atoms with Crippen LogP contribution in [0.15, 0.2) is 39.5 Å². The highest BCUT2D eigenvalue weighted by atomic mass is 16.5. The number of rotatable bonds is 1. The maximum absolute atomic E-state index is 13.5. The van der Waals surface area contributed by atoms with Gasteiger partial charge >= 0.3 is 0 Å². The Morgan fingerprint density at radius 2 is 1.74 bits per heavy atom. The Balaban J connectivity index is 1.62. The van der Waals surface area contributed by atoms with Gasteiger partial charge in [0.05, 0.1) is 24.7 Å². The number of aromatic hydroxyl groups is 4. The molecule has 1 unspecified atom stereocenters. The van der Waals surface area contributed by atoms with Crippen LogP contribution in [-0.4, -0.2) is 57.2 Å². The predicted octanol–water partition coefficient (Wildman–Crippen LogP) is 3.83. The minimum absolute atomic E-state index is 0.00371. The van der Waals surface area contributed by atoms with Crippen LogP contribution in [0.1, 0.15) is 22.8 Å². The van der Waals surface area contributed by atoms with Crippen molar-refractivity contribution in [3.8, 4) is 28.7 Å². The Bertz CT molecular complexity index is 1980. The summed E-state index contributed by atoms with van der Waals surface area (Å²) in [7, 11) is 1.34. The average Bonchev–Trinajstić information content (AvgIpc) is 3.28. The number of hydrogen-bond acceptors (Lipinski definition) is 9. The standard InChI is InChI=1S/C28H21NO9/c1-28-10-12-7-11-3-4-13-20(18(11)24(33)19(12)27(35)29(28)5-6-37-28)25(34)21-22(31)14-8-15(30)17(36-2)9-16(14)38-26(21)23(13)32/h3-4,7-9,30,32-34H,5-6,10H2,1-2H3. The fourth-order valence-electron chi connectivity index (χ4n) is 5.98. The van der Waals surface area contributed by atoms with E-state index in [1.807, 2.05) is 6.92 Å². The lowest BCUT2D eigenvalue weighted by Gasteiger charge is -2.39. The second kappa shape index (κ2) is 7.20. The molecule has 0 radical (unpaired) electrons.